The molecule has 0 bridgehead atoms. The number of para-hydroxylation sites is 2. The van der Waals surface area contributed by atoms with E-state index in [2.05, 4.69) is 15.2 Å². The second-order valence-corrected chi connectivity index (χ2v) is 10.8. The van der Waals surface area contributed by atoms with Crippen molar-refractivity contribution in [2.24, 2.45) is 0 Å². The predicted octanol–water partition coefficient (Wildman–Crippen LogP) is 5.04. The number of rotatable bonds is 7. The second-order valence-electron chi connectivity index (χ2n) is 9.90. The van der Waals surface area contributed by atoms with E-state index in [0.29, 0.717) is 37.6 Å². The highest BCUT2D eigenvalue weighted by atomic mass is 32.1. The topological polar surface area (TPSA) is 84.0 Å². The highest BCUT2D eigenvalue weighted by Crippen LogP contribution is 2.32. The zero-order chi connectivity index (χ0) is 26.5. The van der Waals surface area contributed by atoms with E-state index >= 15 is 0 Å². The number of benzene rings is 2. The lowest BCUT2D eigenvalue weighted by molar-refractivity contribution is 0.0713. The maximum atomic E-state index is 13.1. The van der Waals surface area contributed by atoms with E-state index < -0.39 is 0 Å². The van der Waals surface area contributed by atoms with Crippen molar-refractivity contribution in [1.29, 1.82) is 0 Å². The predicted molar refractivity (Wildman–Crippen MR) is 150 cm³/mol. The number of aromatic nitrogens is 1. The van der Waals surface area contributed by atoms with Gasteiger partial charge in [0.2, 0.25) is 0 Å². The van der Waals surface area contributed by atoms with E-state index in [9.17, 15) is 9.59 Å². The molecule has 0 spiro atoms. The molecule has 38 heavy (non-hydrogen) atoms. The molecule has 1 N–H and O–H groups in total. The van der Waals surface area contributed by atoms with Crippen LogP contribution in [0.1, 0.15) is 58.5 Å². The van der Waals surface area contributed by atoms with Gasteiger partial charge in [0.15, 0.2) is 0 Å². The molecule has 2 amide bonds. The van der Waals surface area contributed by atoms with Gasteiger partial charge in [0.25, 0.3) is 11.8 Å². The molecule has 5 rings (SSSR count). The minimum atomic E-state index is -0.203. The Bertz CT molecular complexity index is 1250. The fourth-order valence-corrected chi connectivity index (χ4v) is 5.86. The Hall–Kier alpha value is -3.43. The summed E-state index contributed by atoms with van der Waals surface area (Å²) in [7, 11) is 0. The van der Waals surface area contributed by atoms with Crippen molar-refractivity contribution in [3.05, 3.63) is 70.2 Å². The van der Waals surface area contributed by atoms with Crippen LogP contribution in [0.4, 0.5) is 11.4 Å². The number of hydrogen-bond acceptors (Lipinski definition) is 7. The Morgan fingerprint density at radius 2 is 1.74 bits per heavy atom. The van der Waals surface area contributed by atoms with Gasteiger partial charge in [-0.25, -0.2) is 4.98 Å². The van der Waals surface area contributed by atoms with Crippen molar-refractivity contribution >= 4 is 34.5 Å². The fraction of sp³-hybridized carbons (Fsp3) is 0.414. The number of hydrogen-bond donors (Lipinski definition) is 1. The van der Waals surface area contributed by atoms with Crippen LogP contribution in [0.2, 0.25) is 0 Å². The summed E-state index contributed by atoms with van der Waals surface area (Å²) in [6.45, 7) is 8.26. The molecule has 200 valence electrons. The van der Waals surface area contributed by atoms with Gasteiger partial charge in [-0.1, -0.05) is 12.1 Å². The van der Waals surface area contributed by atoms with E-state index in [1.165, 1.54) is 11.3 Å². The molecule has 0 unspecified atom stereocenters. The number of amides is 2. The van der Waals surface area contributed by atoms with Crippen molar-refractivity contribution in [1.82, 2.24) is 9.88 Å². The maximum Gasteiger partial charge on any atom is 0.275 e. The number of carbonyl (C=O) groups excluding carboxylic acids is 2. The average molecular weight is 535 g/mol. The highest BCUT2D eigenvalue weighted by molar-refractivity contribution is 7.10. The Kier molecular flexibility index (Phi) is 8.24. The first-order valence-corrected chi connectivity index (χ1v) is 14.1. The zero-order valence-electron chi connectivity index (χ0n) is 21.9. The summed E-state index contributed by atoms with van der Waals surface area (Å²) in [5.41, 5.74) is 2.89. The number of nitrogens with zero attached hydrogens (tertiary/aromatic N) is 3. The standard InChI is InChI=1S/C29H34N4O4S/c1-20(2)37-23-9-7-22(8-10-23)29(35)33-13-11-21(12-14-33)28-31-25(19-38-28)27(34)30-24-5-3-4-6-26(24)32-15-17-36-18-16-32/h3-10,19-21H,11-18H2,1-2H3,(H,30,34). The van der Waals surface area contributed by atoms with Crippen LogP contribution in [0.15, 0.2) is 53.9 Å². The summed E-state index contributed by atoms with van der Waals surface area (Å²) in [6, 6.07) is 15.2. The monoisotopic (exact) mass is 534 g/mol. The molecule has 0 radical (unpaired) electrons. The molecular formula is C29H34N4O4S. The largest absolute Gasteiger partial charge is 0.491 e. The van der Waals surface area contributed by atoms with E-state index in [-0.39, 0.29) is 23.8 Å². The third-order valence-electron chi connectivity index (χ3n) is 6.86. The Morgan fingerprint density at radius 1 is 1.03 bits per heavy atom. The summed E-state index contributed by atoms with van der Waals surface area (Å²) >= 11 is 1.52. The van der Waals surface area contributed by atoms with Crippen molar-refractivity contribution in [3.63, 3.8) is 0 Å². The molecule has 0 atom stereocenters. The fourth-order valence-electron chi connectivity index (χ4n) is 4.89. The molecule has 0 aliphatic carbocycles. The summed E-state index contributed by atoms with van der Waals surface area (Å²) in [5, 5.41) is 5.85. The van der Waals surface area contributed by atoms with Crippen LogP contribution >= 0.6 is 11.3 Å². The van der Waals surface area contributed by atoms with Gasteiger partial charge in [0.05, 0.1) is 35.7 Å². The van der Waals surface area contributed by atoms with Crippen LogP contribution < -0.4 is 15.0 Å². The van der Waals surface area contributed by atoms with Gasteiger partial charge >= 0.3 is 0 Å². The van der Waals surface area contributed by atoms with Gasteiger partial charge in [0.1, 0.15) is 11.4 Å². The summed E-state index contributed by atoms with van der Waals surface area (Å²) < 4.78 is 11.1. The van der Waals surface area contributed by atoms with E-state index in [4.69, 9.17) is 9.47 Å². The summed E-state index contributed by atoms with van der Waals surface area (Å²) in [5.74, 6) is 0.847. The van der Waals surface area contributed by atoms with Gasteiger partial charge in [-0.05, 0) is 63.1 Å². The number of nitrogens with one attached hydrogen (secondary N) is 1. The first-order chi connectivity index (χ1) is 18.5. The SMILES string of the molecule is CC(C)Oc1ccc(C(=O)N2CCC(c3nc(C(=O)Nc4ccccc4N4CCOCC4)cs3)CC2)cc1. The van der Waals surface area contributed by atoms with Gasteiger partial charge in [-0.3, -0.25) is 9.59 Å². The summed E-state index contributed by atoms with van der Waals surface area (Å²) in [4.78, 5) is 34.9. The highest BCUT2D eigenvalue weighted by Gasteiger charge is 2.27. The molecule has 9 heteroatoms. The Labute approximate surface area is 227 Å². The van der Waals surface area contributed by atoms with Gasteiger partial charge in [0, 0.05) is 43.0 Å². The van der Waals surface area contributed by atoms with Gasteiger partial charge in [-0.15, -0.1) is 11.3 Å². The van der Waals surface area contributed by atoms with Crippen molar-refractivity contribution in [2.75, 3.05) is 49.6 Å². The number of anilines is 2. The molecule has 3 heterocycles. The summed E-state index contributed by atoms with van der Waals surface area (Å²) in [6.07, 6.45) is 1.75. The molecule has 2 aromatic carbocycles. The Morgan fingerprint density at radius 3 is 2.45 bits per heavy atom. The van der Waals surface area contributed by atoms with Crippen molar-refractivity contribution < 1.29 is 19.1 Å². The third-order valence-corrected chi connectivity index (χ3v) is 7.87. The number of ether oxygens (including phenoxy) is 2. The molecule has 2 saturated heterocycles. The molecule has 0 saturated carbocycles. The van der Waals surface area contributed by atoms with Crippen LogP contribution in [0.25, 0.3) is 0 Å². The van der Waals surface area contributed by atoms with Crippen LogP contribution in [0.3, 0.4) is 0 Å². The zero-order valence-corrected chi connectivity index (χ0v) is 22.7. The third kappa shape index (κ3) is 6.16. The first-order valence-electron chi connectivity index (χ1n) is 13.2. The normalized spacial score (nSPS) is 16.5. The average Bonchev–Trinajstić information content (AvgIpc) is 3.44. The number of thiazole rings is 1. The molecule has 1 aromatic heterocycles. The minimum Gasteiger partial charge on any atom is -0.491 e. The molecule has 8 nitrogen and oxygen atoms in total. The van der Waals surface area contributed by atoms with Crippen LogP contribution in [-0.4, -0.2) is 67.2 Å². The molecule has 3 aromatic rings. The quantitative estimate of drug-likeness (QED) is 0.457. The number of carbonyl (C=O) groups is 2. The van der Waals surface area contributed by atoms with E-state index in [1.807, 2.05) is 72.7 Å². The van der Waals surface area contributed by atoms with Crippen LogP contribution in [0, 0.1) is 0 Å². The Balaban J connectivity index is 1.17. The maximum absolute atomic E-state index is 13.1. The van der Waals surface area contributed by atoms with Crippen molar-refractivity contribution in [3.8, 4) is 5.75 Å². The number of piperidine rings is 1. The molecule has 2 aliphatic heterocycles. The smallest absolute Gasteiger partial charge is 0.275 e. The van der Waals surface area contributed by atoms with Gasteiger partial charge in [-0.2, -0.15) is 0 Å². The van der Waals surface area contributed by atoms with Gasteiger partial charge < -0.3 is 24.6 Å². The van der Waals surface area contributed by atoms with E-state index in [0.717, 1.165) is 48.1 Å². The lowest BCUT2D eigenvalue weighted by Gasteiger charge is -2.31. The lowest BCUT2D eigenvalue weighted by atomic mass is 9.97. The van der Waals surface area contributed by atoms with Crippen LogP contribution in [0.5, 0.6) is 5.75 Å². The van der Waals surface area contributed by atoms with Crippen molar-refractivity contribution in [2.45, 2.75) is 38.7 Å². The number of morpholine rings is 1. The second kappa shape index (κ2) is 12.0. The number of likely N-dealkylation sites (tertiary alicyclic amines) is 1. The molecule has 2 fully saturated rings. The first kappa shape index (κ1) is 26.2. The molecule has 2 aliphatic rings. The molecular weight excluding hydrogens is 500 g/mol. The lowest BCUT2D eigenvalue weighted by Crippen LogP contribution is -2.37. The minimum absolute atomic E-state index is 0.0395. The van der Waals surface area contributed by atoms with Crippen LogP contribution in [-0.2, 0) is 4.74 Å². The van der Waals surface area contributed by atoms with E-state index in [1.54, 1.807) is 0 Å².